The number of aromatic hydroxyl groups is 1. The molecule has 2 heterocycles. The first kappa shape index (κ1) is 16.2. The maximum absolute atomic E-state index is 12.1. The monoisotopic (exact) mass is 371 g/mol. The first-order valence-electron chi connectivity index (χ1n) is 7.59. The predicted molar refractivity (Wildman–Crippen MR) is 92.7 cm³/mol. The van der Waals surface area contributed by atoms with Crippen molar-refractivity contribution in [3.8, 4) is 22.9 Å². The molecule has 0 fully saturated rings. The van der Waals surface area contributed by atoms with Crippen LogP contribution in [0.3, 0.4) is 0 Å². The summed E-state index contributed by atoms with van der Waals surface area (Å²) in [4.78, 5) is 12.1. The molecule has 0 spiro atoms. The molecule has 0 radical (unpaired) electrons. The van der Waals surface area contributed by atoms with E-state index in [-0.39, 0.29) is 24.2 Å². The Morgan fingerprint density at radius 1 is 1.23 bits per heavy atom. The highest BCUT2D eigenvalue weighted by Gasteiger charge is 2.17. The molecular weight excluding hydrogens is 358 g/mol. The molecule has 26 heavy (non-hydrogen) atoms. The maximum atomic E-state index is 12.1. The van der Waals surface area contributed by atoms with Gasteiger partial charge >= 0.3 is 0 Å². The molecule has 0 unspecified atom stereocenters. The van der Waals surface area contributed by atoms with Crippen LogP contribution in [0, 0.1) is 0 Å². The number of amides is 1. The number of phenols is 1. The number of benzene rings is 2. The quantitative estimate of drug-likeness (QED) is 0.654. The zero-order chi connectivity index (χ0) is 17.9. The minimum absolute atomic E-state index is 0.0854. The van der Waals surface area contributed by atoms with Crippen LogP contribution in [0.5, 0.6) is 17.2 Å². The molecule has 132 valence electrons. The number of aromatic nitrogens is 4. The Morgan fingerprint density at radius 2 is 2.12 bits per heavy atom. The Hall–Kier alpha value is -3.27. The number of hydrogen-bond donors (Lipinski definition) is 2. The van der Waals surface area contributed by atoms with Crippen LogP contribution >= 0.6 is 11.8 Å². The number of tetrazole rings is 1. The largest absolute Gasteiger partial charge is 0.508 e. The summed E-state index contributed by atoms with van der Waals surface area (Å²) in [5.41, 5.74) is 1.22. The lowest BCUT2D eigenvalue weighted by atomic mass is 10.3. The number of nitrogens with one attached hydrogen (secondary N) is 1. The van der Waals surface area contributed by atoms with Crippen LogP contribution in [0.4, 0.5) is 5.69 Å². The lowest BCUT2D eigenvalue weighted by molar-refractivity contribution is -0.113. The van der Waals surface area contributed by atoms with Crippen molar-refractivity contribution in [1.29, 1.82) is 0 Å². The third kappa shape index (κ3) is 3.40. The van der Waals surface area contributed by atoms with Crippen LogP contribution in [0.15, 0.2) is 47.6 Å². The molecule has 0 atom stereocenters. The average molecular weight is 371 g/mol. The summed E-state index contributed by atoms with van der Waals surface area (Å²) in [6, 6.07) is 11.7. The lowest BCUT2D eigenvalue weighted by Crippen LogP contribution is -2.14. The molecule has 1 aliphatic heterocycles. The van der Waals surface area contributed by atoms with Gasteiger partial charge in [-0.15, -0.1) is 5.10 Å². The van der Waals surface area contributed by atoms with Crippen LogP contribution in [0.25, 0.3) is 5.69 Å². The Kier molecular flexibility index (Phi) is 4.32. The minimum atomic E-state index is -0.235. The summed E-state index contributed by atoms with van der Waals surface area (Å²) in [6.45, 7) is 0.186. The number of anilines is 1. The van der Waals surface area contributed by atoms with E-state index in [1.54, 1.807) is 30.3 Å². The van der Waals surface area contributed by atoms with Crippen LogP contribution in [-0.4, -0.2) is 43.8 Å². The number of carbonyl (C=O) groups excluding carboxylic acids is 1. The second-order valence-electron chi connectivity index (χ2n) is 5.30. The van der Waals surface area contributed by atoms with Crippen molar-refractivity contribution in [2.75, 3.05) is 17.9 Å². The van der Waals surface area contributed by atoms with E-state index in [0.29, 0.717) is 28.0 Å². The lowest BCUT2D eigenvalue weighted by Gasteiger charge is -2.06. The van der Waals surface area contributed by atoms with E-state index >= 15 is 0 Å². The van der Waals surface area contributed by atoms with Crippen LogP contribution < -0.4 is 14.8 Å². The van der Waals surface area contributed by atoms with Crippen molar-refractivity contribution in [3.63, 3.8) is 0 Å². The highest BCUT2D eigenvalue weighted by Crippen LogP contribution is 2.34. The SMILES string of the molecule is O=C(CSc1nnnn1-c1ccc2c(c1)OCO2)Nc1cccc(O)c1. The van der Waals surface area contributed by atoms with E-state index in [1.807, 2.05) is 0 Å². The van der Waals surface area contributed by atoms with Crippen molar-refractivity contribution in [3.05, 3.63) is 42.5 Å². The van der Waals surface area contributed by atoms with Gasteiger partial charge in [0.25, 0.3) is 0 Å². The molecule has 0 aliphatic carbocycles. The van der Waals surface area contributed by atoms with Gasteiger partial charge in [0.15, 0.2) is 11.5 Å². The van der Waals surface area contributed by atoms with Gasteiger partial charge in [0.1, 0.15) is 5.75 Å². The molecule has 3 aromatic rings. The third-order valence-electron chi connectivity index (χ3n) is 3.50. The van der Waals surface area contributed by atoms with Gasteiger partial charge in [0, 0.05) is 17.8 Å². The average Bonchev–Trinajstić information content (AvgIpc) is 3.28. The molecule has 0 saturated heterocycles. The predicted octanol–water partition coefficient (Wildman–Crippen LogP) is 1.83. The van der Waals surface area contributed by atoms with Gasteiger partial charge in [-0.1, -0.05) is 17.8 Å². The van der Waals surface area contributed by atoms with Crippen molar-refractivity contribution in [1.82, 2.24) is 20.2 Å². The van der Waals surface area contributed by atoms with E-state index in [4.69, 9.17) is 9.47 Å². The molecule has 2 N–H and O–H groups in total. The fourth-order valence-corrected chi connectivity index (χ4v) is 3.05. The van der Waals surface area contributed by atoms with Gasteiger partial charge in [-0.25, -0.2) is 0 Å². The fourth-order valence-electron chi connectivity index (χ4n) is 2.36. The maximum Gasteiger partial charge on any atom is 0.234 e. The Balaban J connectivity index is 1.43. The van der Waals surface area contributed by atoms with Gasteiger partial charge in [0.05, 0.1) is 11.4 Å². The normalized spacial score (nSPS) is 12.2. The van der Waals surface area contributed by atoms with Gasteiger partial charge in [-0.05, 0) is 34.7 Å². The Bertz CT molecular complexity index is 961. The number of ether oxygens (including phenoxy) is 2. The number of hydrogen-bond acceptors (Lipinski definition) is 8. The van der Waals surface area contributed by atoms with E-state index in [0.717, 1.165) is 0 Å². The second kappa shape index (κ2) is 6.92. The first-order valence-corrected chi connectivity index (χ1v) is 8.58. The number of fused-ring (bicyclic) bond motifs is 1. The Labute approximate surface area is 151 Å². The van der Waals surface area contributed by atoms with E-state index in [1.165, 1.54) is 28.6 Å². The van der Waals surface area contributed by atoms with Crippen LogP contribution in [0.2, 0.25) is 0 Å². The number of thioether (sulfide) groups is 1. The summed E-state index contributed by atoms with van der Waals surface area (Å²) < 4.78 is 12.2. The molecule has 1 amide bonds. The standard InChI is InChI=1S/C16H13N5O4S/c22-12-3-1-2-10(6-12)17-15(23)8-26-16-18-19-20-21(16)11-4-5-13-14(7-11)25-9-24-13/h1-7,22H,8-9H2,(H,17,23). The third-order valence-corrected chi connectivity index (χ3v) is 4.42. The molecule has 1 aromatic heterocycles. The van der Waals surface area contributed by atoms with Gasteiger partial charge in [-0.2, -0.15) is 4.68 Å². The van der Waals surface area contributed by atoms with Crippen LogP contribution in [0.1, 0.15) is 0 Å². The van der Waals surface area contributed by atoms with E-state index in [2.05, 4.69) is 20.8 Å². The molecule has 2 aromatic carbocycles. The summed E-state index contributed by atoms with van der Waals surface area (Å²) in [7, 11) is 0. The Morgan fingerprint density at radius 3 is 3.00 bits per heavy atom. The van der Waals surface area contributed by atoms with Crippen molar-refractivity contribution in [2.24, 2.45) is 0 Å². The zero-order valence-corrected chi connectivity index (χ0v) is 14.1. The van der Waals surface area contributed by atoms with Gasteiger partial charge in [0.2, 0.25) is 17.9 Å². The summed E-state index contributed by atoms with van der Waals surface area (Å²) in [5.74, 6) is 1.25. The summed E-state index contributed by atoms with van der Waals surface area (Å²) in [6.07, 6.45) is 0. The van der Waals surface area contributed by atoms with Crippen molar-refractivity contribution < 1.29 is 19.4 Å². The molecule has 0 saturated carbocycles. The molecule has 1 aliphatic rings. The summed E-state index contributed by atoms with van der Waals surface area (Å²) in [5, 5.41) is 24.2. The van der Waals surface area contributed by atoms with Crippen molar-refractivity contribution in [2.45, 2.75) is 5.16 Å². The van der Waals surface area contributed by atoms with E-state index in [9.17, 15) is 9.90 Å². The molecule has 0 bridgehead atoms. The summed E-state index contributed by atoms with van der Waals surface area (Å²) >= 11 is 1.19. The smallest absolute Gasteiger partial charge is 0.234 e. The van der Waals surface area contributed by atoms with Crippen LogP contribution in [-0.2, 0) is 4.79 Å². The zero-order valence-electron chi connectivity index (χ0n) is 13.3. The first-order chi connectivity index (χ1) is 12.7. The molecule has 10 heteroatoms. The molecular formula is C16H13N5O4S. The second-order valence-corrected chi connectivity index (χ2v) is 6.24. The van der Waals surface area contributed by atoms with Crippen molar-refractivity contribution >= 4 is 23.4 Å². The molecule has 4 rings (SSSR count). The molecule has 9 nitrogen and oxygen atoms in total. The van der Waals surface area contributed by atoms with E-state index < -0.39 is 0 Å². The minimum Gasteiger partial charge on any atom is -0.508 e. The number of phenolic OH excluding ortho intramolecular Hbond substituents is 1. The number of rotatable bonds is 5. The fraction of sp³-hybridized carbons (Fsp3) is 0.125. The van der Waals surface area contributed by atoms with Gasteiger partial charge in [-0.3, -0.25) is 4.79 Å². The highest BCUT2D eigenvalue weighted by molar-refractivity contribution is 7.99. The number of nitrogens with zero attached hydrogens (tertiary/aromatic N) is 4. The highest BCUT2D eigenvalue weighted by atomic mass is 32.2. The number of carbonyl (C=O) groups is 1. The van der Waals surface area contributed by atoms with Gasteiger partial charge < -0.3 is 19.9 Å². The topological polar surface area (TPSA) is 111 Å².